The number of halogens is 2. The van der Waals surface area contributed by atoms with Crippen molar-refractivity contribution in [1.82, 2.24) is 9.97 Å². The van der Waals surface area contributed by atoms with Crippen molar-refractivity contribution in [3.8, 4) is 0 Å². The van der Waals surface area contributed by atoms with Crippen molar-refractivity contribution < 1.29 is 9.53 Å². The summed E-state index contributed by atoms with van der Waals surface area (Å²) in [7, 11) is 0. The van der Waals surface area contributed by atoms with E-state index in [1.807, 2.05) is 0 Å². The highest BCUT2D eigenvalue weighted by atomic mass is 35.5. The molecule has 0 aliphatic carbocycles. The third-order valence-corrected chi connectivity index (χ3v) is 1.65. The Hall–Kier alpha value is -0.780. The number of carbonyl (C=O) groups is 1. The van der Waals surface area contributed by atoms with E-state index in [0.29, 0.717) is 6.42 Å². The van der Waals surface area contributed by atoms with E-state index in [2.05, 4.69) is 9.97 Å². The summed E-state index contributed by atoms with van der Waals surface area (Å²) in [4.78, 5) is 18.0. The van der Waals surface area contributed by atoms with Gasteiger partial charge in [-0.2, -0.15) is 0 Å². The highest BCUT2D eigenvalue weighted by molar-refractivity contribution is 5.85. The number of H-pyrrole nitrogens is 1. The number of imidazole rings is 1. The number of ether oxygens (including phenoxy) is 1. The Balaban J connectivity index is 0. The third-order valence-electron chi connectivity index (χ3n) is 1.65. The van der Waals surface area contributed by atoms with Gasteiger partial charge < -0.3 is 15.5 Å². The van der Waals surface area contributed by atoms with Crippen LogP contribution in [0.25, 0.3) is 0 Å². The first-order chi connectivity index (χ1) is 6.59. The minimum absolute atomic E-state index is 0. The molecule has 0 aliphatic heterocycles. The maximum Gasteiger partial charge on any atom is 0.323 e. The van der Waals surface area contributed by atoms with Gasteiger partial charge in [0.2, 0.25) is 0 Å². The van der Waals surface area contributed by atoms with Gasteiger partial charge in [0.1, 0.15) is 6.04 Å². The van der Waals surface area contributed by atoms with Crippen LogP contribution in [-0.4, -0.2) is 28.1 Å². The number of esters is 1. The molecule has 0 radical (unpaired) electrons. The lowest BCUT2D eigenvalue weighted by Gasteiger charge is -2.12. The number of aromatic amines is 1. The topological polar surface area (TPSA) is 81.0 Å². The Labute approximate surface area is 107 Å². The molecule has 1 heterocycles. The molecule has 0 spiro atoms. The van der Waals surface area contributed by atoms with Crippen molar-refractivity contribution in [1.29, 1.82) is 0 Å². The van der Waals surface area contributed by atoms with Crippen LogP contribution >= 0.6 is 24.8 Å². The smallest absolute Gasteiger partial charge is 0.323 e. The molecule has 0 amide bonds. The van der Waals surface area contributed by atoms with E-state index >= 15 is 0 Å². The van der Waals surface area contributed by atoms with Crippen LogP contribution in [0.4, 0.5) is 0 Å². The quantitative estimate of drug-likeness (QED) is 0.802. The van der Waals surface area contributed by atoms with E-state index in [9.17, 15) is 4.79 Å². The standard InChI is InChI=1S/C9H15N3O2.2ClH/c1-6(2)14-9(13)8(10)3-7-4-11-5-12-7;;/h4-6,8H,3,10H2,1-2H3,(H,11,12);2*1H/t8-;;/m0../s1. The van der Waals surface area contributed by atoms with Crippen LogP contribution in [0.5, 0.6) is 0 Å². The van der Waals surface area contributed by atoms with Crippen LogP contribution in [0.1, 0.15) is 19.5 Å². The van der Waals surface area contributed by atoms with Gasteiger partial charge >= 0.3 is 5.97 Å². The monoisotopic (exact) mass is 269 g/mol. The van der Waals surface area contributed by atoms with E-state index in [-0.39, 0.29) is 36.9 Å². The molecule has 94 valence electrons. The maximum absolute atomic E-state index is 11.3. The van der Waals surface area contributed by atoms with Crippen LogP contribution in [-0.2, 0) is 16.0 Å². The molecule has 0 aliphatic rings. The lowest BCUT2D eigenvalue weighted by atomic mass is 10.2. The summed E-state index contributed by atoms with van der Waals surface area (Å²) < 4.78 is 4.96. The van der Waals surface area contributed by atoms with Crippen LogP contribution in [0.3, 0.4) is 0 Å². The molecule has 1 rings (SSSR count). The average Bonchev–Trinajstić information content (AvgIpc) is 2.55. The molecule has 0 saturated carbocycles. The number of nitrogens with two attached hydrogens (primary N) is 1. The Morgan fingerprint density at radius 2 is 2.19 bits per heavy atom. The first-order valence-corrected chi connectivity index (χ1v) is 4.53. The van der Waals surface area contributed by atoms with Gasteiger partial charge in [0, 0.05) is 18.3 Å². The molecule has 0 aromatic carbocycles. The number of rotatable bonds is 4. The maximum atomic E-state index is 11.3. The number of hydrogen-bond acceptors (Lipinski definition) is 4. The van der Waals surface area contributed by atoms with Crippen molar-refractivity contribution in [2.75, 3.05) is 0 Å². The van der Waals surface area contributed by atoms with E-state index in [4.69, 9.17) is 10.5 Å². The molecule has 0 saturated heterocycles. The van der Waals surface area contributed by atoms with E-state index in [0.717, 1.165) is 5.69 Å². The second-order valence-corrected chi connectivity index (χ2v) is 3.37. The summed E-state index contributed by atoms with van der Waals surface area (Å²) >= 11 is 0. The van der Waals surface area contributed by atoms with Gasteiger partial charge in [0.25, 0.3) is 0 Å². The van der Waals surface area contributed by atoms with E-state index in [1.54, 1.807) is 26.4 Å². The lowest BCUT2D eigenvalue weighted by Crippen LogP contribution is -2.35. The van der Waals surface area contributed by atoms with Crippen LogP contribution in [0.15, 0.2) is 12.5 Å². The second kappa shape index (κ2) is 8.38. The summed E-state index contributed by atoms with van der Waals surface area (Å²) in [6.07, 6.45) is 3.49. The Morgan fingerprint density at radius 1 is 1.56 bits per heavy atom. The first kappa shape index (κ1) is 17.6. The van der Waals surface area contributed by atoms with Gasteiger partial charge in [-0.3, -0.25) is 4.79 Å². The van der Waals surface area contributed by atoms with Crippen molar-refractivity contribution in [2.45, 2.75) is 32.4 Å². The number of aromatic nitrogens is 2. The number of carbonyl (C=O) groups excluding carboxylic acids is 1. The fourth-order valence-corrected chi connectivity index (χ4v) is 1.04. The normalized spacial score (nSPS) is 11.2. The predicted molar refractivity (Wildman–Crippen MR) is 66.0 cm³/mol. The molecule has 1 aromatic rings. The van der Waals surface area contributed by atoms with Gasteiger partial charge in [0.15, 0.2) is 0 Å². The highest BCUT2D eigenvalue weighted by Crippen LogP contribution is 1.99. The zero-order valence-electron chi connectivity index (χ0n) is 9.17. The number of nitrogens with one attached hydrogen (secondary N) is 1. The molecule has 5 nitrogen and oxygen atoms in total. The van der Waals surface area contributed by atoms with Gasteiger partial charge in [-0.05, 0) is 13.8 Å². The molecule has 0 fully saturated rings. The van der Waals surface area contributed by atoms with Gasteiger partial charge in [-0.1, -0.05) is 0 Å². The molecule has 3 N–H and O–H groups in total. The van der Waals surface area contributed by atoms with Gasteiger partial charge in [0.05, 0.1) is 12.4 Å². The number of nitrogens with zero attached hydrogens (tertiary/aromatic N) is 1. The summed E-state index contributed by atoms with van der Waals surface area (Å²) in [5.41, 5.74) is 6.47. The molecule has 0 bridgehead atoms. The first-order valence-electron chi connectivity index (χ1n) is 4.53. The predicted octanol–water partition coefficient (Wildman–Crippen LogP) is 1.07. The zero-order chi connectivity index (χ0) is 10.6. The van der Waals surface area contributed by atoms with Crippen molar-refractivity contribution in [2.24, 2.45) is 5.73 Å². The van der Waals surface area contributed by atoms with Crippen LogP contribution in [0.2, 0.25) is 0 Å². The van der Waals surface area contributed by atoms with Crippen molar-refractivity contribution in [3.05, 3.63) is 18.2 Å². The molecule has 1 atom stereocenters. The summed E-state index contributed by atoms with van der Waals surface area (Å²) in [6, 6.07) is -0.627. The fraction of sp³-hybridized carbons (Fsp3) is 0.556. The third kappa shape index (κ3) is 5.95. The summed E-state index contributed by atoms with van der Waals surface area (Å²) in [6.45, 7) is 3.58. The summed E-state index contributed by atoms with van der Waals surface area (Å²) in [5, 5.41) is 0. The van der Waals surface area contributed by atoms with E-state index in [1.165, 1.54) is 0 Å². The SMILES string of the molecule is CC(C)OC(=O)[C@@H](N)Cc1cnc[nH]1.Cl.Cl. The van der Waals surface area contributed by atoms with Crippen molar-refractivity contribution in [3.63, 3.8) is 0 Å². The van der Waals surface area contributed by atoms with Crippen molar-refractivity contribution >= 4 is 30.8 Å². The Bertz CT molecular complexity index is 291. The molecule has 16 heavy (non-hydrogen) atoms. The summed E-state index contributed by atoms with van der Waals surface area (Å²) in [5.74, 6) is -0.380. The van der Waals surface area contributed by atoms with Crippen LogP contribution in [0, 0.1) is 0 Å². The zero-order valence-corrected chi connectivity index (χ0v) is 10.8. The minimum Gasteiger partial charge on any atom is -0.462 e. The van der Waals surface area contributed by atoms with Gasteiger partial charge in [-0.25, -0.2) is 4.98 Å². The lowest BCUT2D eigenvalue weighted by molar-refractivity contribution is -0.148. The molecular weight excluding hydrogens is 253 g/mol. The Kier molecular flexibility index (Phi) is 9.22. The minimum atomic E-state index is -0.627. The van der Waals surface area contributed by atoms with E-state index < -0.39 is 6.04 Å². The molecular formula is C9H17Cl2N3O2. The number of hydrogen-bond donors (Lipinski definition) is 2. The second-order valence-electron chi connectivity index (χ2n) is 3.37. The average molecular weight is 270 g/mol. The molecule has 0 unspecified atom stereocenters. The highest BCUT2D eigenvalue weighted by Gasteiger charge is 2.17. The molecule has 7 heteroatoms. The Morgan fingerprint density at radius 3 is 2.62 bits per heavy atom. The largest absolute Gasteiger partial charge is 0.462 e. The van der Waals surface area contributed by atoms with Gasteiger partial charge in [-0.15, -0.1) is 24.8 Å². The van der Waals surface area contributed by atoms with Crippen LogP contribution < -0.4 is 5.73 Å². The fourth-order valence-electron chi connectivity index (χ4n) is 1.04. The molecule has 1 aromatic heterocycles.